The topological polar surface area (TPSA) is 67.4 Å². The molecule has 1 amide bonds. The Morgan fingerprint density at radius 1 is 1.43 bits per heavy atom. The Morgan fingerprint density at radius 2 is 2.24 bits per heavy atom. The van der Waals surface area contributed by atoms with E-state index in [-0.39, 0.29) is 17.9 Å². The molecule has 1 aromatic carbocycles. The van der Waals surface area contributed by atoms with Crippen molar-refractivity contribution >= 4 is 17.6 Å². The third kappa shape index (κ3) is 4.29. The number of piperidine rings is 1. The Labute approximate surface area is 125 Å². The van der Waals surface area contributed by atoms with Gasteiger partial charge in [-0.25, -0.2) is 4.79 Å². The van der Waals surface area contributed by atoms with E-state index >= 15 is 0 Å². The summed E-state index contributed by atoms with van der Waals surface area (Å²) in [6.45, 7) is 5.11. The quantitative estimate of drug-likeness (QED) is 0.834. The Bertz CT molecular complexity index is 516. The van der Waals surface area contributed by atoms with Gasteiger partial charge in [0.2, 0.25) is 5.91 Å². The Kier molecular flexibility index (Phi) is 5.33. The molecule has 0 aliphatic carbocycles. The highest BCUT2D eigenvalue weighted by atomic mass is 16.5. The number of nitrogens with one attached hydrogen (secondary N) is 2. The highest BCUT2D eigenvalue weighted by molar-refractivity contribution is 5.97. The van der Waals surface area contributed by atoms with Gasteiger partial charge in [0.25, 0.3) is 0 Å². The van der Waals surface area contributed by atoms with Gasteiger partial charge in [0.05, 0.1) is 18.2 Å². The van der Waals surface area contributed by atoms with Crippen LogP contribution in [-0.4, -0.2) is 31.1 Å². The van der Waals surface area contributed by atoms with Gasteiger partial charge in [0.15, 0.2) is 0 Å². The molecule has 0 saturated carbocycles. The van der Waals surface area contributed by atoms with Crippen LogP contribution in [0.4, 0.5) is 5.69 Å². The molecule has 0 radical (unpaired) electrons. The van der Waals surface area contributed by atoms with E-state index in [0.717, 1.165) is 19.4 Å². The molecule has 1 aliphatic heterocycles. The molecule has 2 atom stereocenters. The molecule has 1 heterocycles. The van der Waals surface area contributed by atoms with Gasteiger partial charge in [-0.15, -0.1) is 0 Å². The minimum Gasteiger partial charge on any atom is -0.462 e. The minimum absolute atomic E-state index is 0.0532. The zero-order valence-electron chi connectivity index (χ0n) is 12.5. The predicted molar refractivity (Wildman–Crippen MR) is 81.2 cm³/mol. The van der Waals surface area contributed by atoms with Crippen molar-refractivity contribution < 1.29 is 14.3 Å². The lowest BCUT2D eigenvalue weighted by Crippen LogP contribution is -2.45. The molecular weight excluding hydrogens is 268 g/mol. The second kappa shape index (κ2) is 7.22. The van der Waals surface area contributed by atoms with Crippen molar-refractivity contribution in [3.63, 3.8) is 0 Å². The summed E-state index contributed by atoms with van der Waals surface area (Å²) >= 11 is 0. The van der Waals surface area contributed by atoms with Crippen molar-refractivity contribution in [1.82, 2.24) is 5.32 Å². The van der Waals surface area contributed by atoms with Crippen molar-refractivity contribution in [3.8, 4) is 0 Å². The van der Waals surface area contributed by atoms with E-state index < -0.39 is 0 Å². The summed E-state index contributed by atoms with van der Waals surface area (Å²) < 4.78 is 4.95. The van der Waals surface area contributed by atoms with E-state index in [1.807, 2.05) is 0 Å². The first-order chi connectivity index (χ1) is 10.1. The number of ether oxygens (including phenoxy) is 1. The predicted octanol–water partition coefficient (Wildman–Crippen LogP) is 2.19. The molecule has 0 aromatic heterocycles. The largest absolute Gasteiger partial charge is 0.462 e. The van der Waals surface area contributed by atoms with Gasteiger partial charge >= 0.3 is 5.97 Å². The summed E-state index contributed by atoms with van der Waals surface area (Å²) in [7, 11) is 0. The van der Waals surface area contributed by atoms with Crippen LogP contribution in [-0.2, 0) is 9.53 Å². The smallest absolute Gasteiger partial charge is 0.338 e. The lowest BCUT2D eigenvalue weighted by molar-refractivity contribution is -0.119. The molecule has 114 valence electrons. The second-order valence-corrected chi connectivity index (χ2v) is 5.43. The van der Waals surface area contributed by atoms with Gasteiger partial charge in [0.1, 0.15) is 0 Å². The molecule has 0 bridgehead atoms. The summed E-state index contributed by atoms with van der Waals surface area (Å²) in [6, 6.07) is 6.66. The highest BCUT2D eigenvalue weighted by Gasteiger charge is 2.24. The first-order valence-electron chi connectivity index (χ1n) is 7.41. The van der Waals surface area contributed by atoms with Crippen LogP contribution in [0.1, 0.15) is 37.0 Å². The SMILES string of the molecule is CCOC(=O)c1cccc(NC(=O)C2CC(C)CCN2)c1. The van der Waals surface area contributed by atoms with E-state index in [9.17, 15) is 9.59 Å². The average molecular weight is 290 g/mol. The summed E-state index contributed by atoms with van der Waals surface area (Å²) in [5.41, 5.74) is 1.06. The van der Waals surface area contributed by atoms with E-state index in [1.165, 1.54) is 0 Å². The van der Waals surface area contributed by atoms with Gasteiger partial charge in [-0.1, -0.05) is 13.0 Å². The van der Waals surface area contributed by atoms with Crippen LogP contribution < -0.4 is 10.6 Å². The van der Waals surface area contributed by atoms with Crippen LogP contribution >= 0.6 is 0 Å². The zero-order chi connectivity index (χ0) is 15.2. The number of hydrogen-bond acceptors (Lipinski definition) is 4. The van der Waals surface area contributed by atoms with Crippen LogP contribution in [0, 0.1) is 5.92 Å². The van der Waals surface area contributed by atoms with E-state index in [2.05, 4.69) is 17.6 Å². The van der Waals surface area contributed by atoms with Crippen molar-refractivity contribution in [1.29, 1.82) is 0 Å². The van der Waals surface area contributed by atoms with Gasteiger partial charge in [0, 0.05) is 5.69 Å². The molecule has 1 fully saturated rings. The summed E-state index contributed by atoms with van der Waals surface area (Å²) in [6.07, 6.45) is 1.94. The fraction of sp³-hybridized carbons (Fsp3) is 0.500. The van der Waals surface area contributed by atoms with Gasteiger partial charge in [-0.05, 0) is 50.4 Å². The molecule has 2 rings (SSSR count). The summed E-state index contributed by atoms with van der Waals surface area (Å²) in [5, 5.41) is 6.08. The Balaban J connectivity index is 2.00. The number of carbonyl (C=O) groups is 2. The minimum atomic E-state index is -0.377. The normalized spacial score (nSPS) is 21.6. The number of amides is 1. The molecule has 21 heavy (non-hydrogen) atoms. The molecule has 5 heteroatoms. The molecule has 2 unspecified atom stereocenters. The van der Waals surface area contributed by atoms with E-state index in [1.54, 1.807) is 31.2 Å². The number of esters is 1. The number of carbonyl (C=O) groups excluding carboxylic acids is 2. The third-order valence-electron chi connectivity index (χ3n) is 3.62. The zero-order valence-corrected chi connectivity index (χ0v) is 12.5. The lowest BCUT2D eigenvalue weighted by Gasteiger charge is -2.27. The van der Waals surface area contributed by atoms with Crippen LogP contribution in [0.15, 0.2) is 24.3 Å². The van der Waals surface area contributed by atoms with Gasteiger partial charge in [-0.3, -0.25) is 4.79 Å². The second-order valence-electron chi connectivity index (χ2n) is 5.43. The molecule has 1 saturated heterocycles. The monoisotopic (exact) mass is 290 g/mol. The van der Waals surface area contributed by atoms with Crippen LogP contribution in [0.25, 0.3) is 0 Å². The molecular formula is C16H22N2O3. The maximum atomic E-state index is 12.2. The summed E-state index contributed by atoms with van der Waals surface area (Å²) in [5.74, 6) is 0.119. The molecule has 5 nitrogen and oxygen atoms in total. The average Bonchev–Trinajstić information content (AvgIpc) is 2.48. The van der Waals surface area contributed by atoms with E-state index in [4.69, 9.17) is 4.74 Å². The van der Waals surface area contributed by atoms with Crippen LogP contribution in [0.2, 0.25) is 0 Å². The van der Waals surface area contributed by atoms with Gasteiger partial charge < -0.3 is 15.4 Å². The number of benzene rings is 1. The lowest BCUT2D eigenvalue weighted by atomic mass is 9.94. The fourth-order valence-corrected chi connectivity index (χ4v) is 2.47. The summed E-state index contributed by atoms with van der Waals surface area (Å²) in [4.78, 5) is 23.9. The number of anilines is 1. The van der Waals surface area contributed by atoms with E-state index in [0.29, 0.717) is 23.8 Å². The Morgan fingerprint density at radius 3 is 2.95 bits per heavy atom. The van der Waals surface area contributed by atoms with Crippen molar-refractivity contribution in [2.45, 2.75) is 32.7 Å². The maximum Gasteiger partial charge on any atom is 0.338 e. The van der Waals surface area contributed by atoms with Crippen molar-refractivity contribution in [3.05, 3.63) is 29.8 Å². The highest BCUT2D eigenvalue weighted by Crippen LogP contribution is 2.17. The van der Waals surface area contributed by atoms with Crippen molar-refractivity contribution in [2.75, 3.05) is 18.5 Å². The number of rotatable bonds is 4. The van der Waals surface area contributed by atoms with Crippen LogP contribution in [0.3, 0.4) is 0 Å². The van der Waals surface area contributed by atoms with Gasteiger partial charge in [-0.2, -0.15) is 0 Å². The van der Waals surface area contributed by atoms with Crippen LogP contribution in [0.5, 0.6) is 0 Å². The molecule has 2 N–H and O–H groups in total. The first-order valence-corrected chi connectivity index (χ1v) is 7.41. The molecule has 0 spiro atoms. The fourth-order valence-electron chi connectivity index (χ4n) is 2.47. The third-order valence-corrected chi connectivity index (χ3v) is 3.62. The first kappa shape index (κ1) is 15.5. The Hall–Kier alpha value is -1.88. The maximum absolute atomic E-state index is 12.2. The standard InChI is InChI=1S/C16H22N2O3/c1-3-21-16(20)12-5-4-6-13(10-12)18-15(19)14-9-11(2)7-8-17-14/h4-6,10-11,14,17H,3,7-9H2,1-2H3,(H,18,19). The number of hydrogen-bond donors (Lipinski definition) is 2. The molecule has 1 aliphatic rings. The van der Waals surface area contributed by atoms with Crippen molar-refractivity contribution in [2.24, 2.45) is 5.92 Å². The molecule has 1 aromatic rings.